The van der Waals surface area contributed by atoms with Gasteiger partial charge in [-0.2, -0.15) is 0 Å². The van der Waals surface area contributed by atoms with Crippen LogP contribution in [0.3, 0.4) is 0 Å². The number of benzene rings is 1. The molecule has 0 aromatic heterocycles. The van der Waals surface area contributed by atoms with Crippen molar-refractivity contribution in [3.05, 3.63) is 44.5 Å². The summed E-state index contributed by atoms with van der Waals surface area (Å²) in [7, 11) is 0. The third-order valence-corrected chi connectivity index (χ3v) is 2.40. The smallest absolute Gasteiger partial charge is 0.263 e. The molecule has 17 heavy (non-hydrogen) atoms. The molecule has 0 saturated heterocycles. The minimum atomic E-state index is -1.12. The van der Waals surface area contributed by atoms with Crippen molar-refractivity contribution in [3.63, 3.8) is 0 Å². The summed E-state index contributed by atoms with van der Waals surface area (Å²) in [4.78, 5) is 25.6. The van der Waals surface area contributed by atoms with E-state index in [9.17, 15) is 14.9 Å². The van der Waals surface area contributed by atoms with Crippen LogP contribution in [0.1, 0.15) is 36.7 Å². The first-order chi connectivity index (χ1) is 7.71. The highest BCUT2D eigenvalue weighted by atomic mass is 35.5. The fourth-order valence-electron chi connectivity index (χ4n) is 1.43. The molecule has 0 aliphatic heterocycles. The molecule has 1 aromatic rings. The fourth-order valence-corrected chi connectivity index (χ4v) is 1.60. The lowest BCUT2D eigenvalue weighted by Crippen LogP contribution is -2.19. The standard InChI is InChI=1S/C11H12ClNO4/c1-11(2,3)9-6-7(12)4-5-8(9)10(14)17-13(15)16/h4-6H,1-3H3. The van der Waals surface area contributed by atoms with E-state index in [1.807, 2.05) is 20.8 Å². The Morgan fingerprint density at radius 1 is 1.41 bits per heavy atom. The zero-order valence-electron chi connectivity index (χ0n) is 9.69. The molecule has 1 aromatic carbocycles. The largest absolute Gasteiger partial charge is 0.334 e. The molecule has 0 aliphatic carbocycles. The Hall–Kier alpha value is -1.62. The second-order valence-electron chi connectivity index (χ2n) is 4.54. The number of hydrogen-bond acceptors (Lipinski definition) is 4. The van der Waals surface area contributed by atoms with Gasteiger partial charge in [0.25, 0.3) is 0 Å². The van der Waals surface area contributed by atoms with Gasteiger partial charge in [-0.1, -0.05) is 32.4 Å². The number of nitrogens with zero attached hydrogens (tertiary/aromatic N) is 1. The fraction of sp³-hybridized carbons (Fsp3) is 0.364. The van der Waals surface area contributed by atoms with Crippen LogP contribution in [0, 0.1) is 10.1 Å². The third kappa shape index (κ3) is 3.42. The van der Waals surface area contributed by atoms with Crippen molar-refractivity contribution in [3.8, 4) is 0 Å². The van der Waals surface area contributed by atoms with Crippen molar-refractivity contribution in [2.45, 2.75) is 26.2 Å². The average molecular weight is 258 g/mol. The Morgan fingerprint density at radius 2 is 2.00 bits per heavy atom. The summed E-state index contributed by atoms with van der Waals surface area (Å²) in [6.07, 6.45) is 0. The predicted octanol–water partition coefficient (Wildman–Crippen LogP) is 2.99. The Labute approximate surface area is 103 Å². The molecule has 0 unspecified atom stereocenters. The number of halogens is 1. The lowest BCUT2D eigenvalue weighted by atomic mass is 9.84. The normalized spacial score (nSPS) is 11.1. The van der Waals surface area contributed by atoms with Crippen LogP contribution in [0.25, 0.3) is 0 Å². The molecule has 0 spiro atoms. The van der Waals surface area contributed by atoms with Crippen molar-refractivity contribution >= 4 is 17.6 Å². The van der Waals surface area contributed by atoms with Crippen LogP contribution in [0.2, 0.25) is 5.02 Å². The molecule has 0 atom stereocenters. The maximum Gasteiger partial charge on any atom is 0.334 e. The summed E-state index contributed by atoms with van der Waals surface area (Å²) in [5.41, 5.74) is 0.394. The molecule has 0 saturated carbocycles. The highest BCUT2D eigenvalue weighted by Gasteiger charge is 2.23. The number of rotatable bonds is 2. The van der Waals surface area contributed by atoms with E-state index in [4.69, 9.17) is 11.6 Å². The Morgan fingerprint density at radius 3 is 2.47 bits per heavy atom. The van der Waals surface area contributed by atoms with E-state index >= 15 is 0 Å². The molecule has 0 N–H and O–H groups in total. The summed E-state index contributed by atoms with van der Waals surface area (Å²) in [5.74, 6) is -0.989. The lowest BCUT2D eigenvalue weighted by molar-refractivity contribution is -0.727. The molecule has 1 rings (SSSR count). The average Bonchev–Trinajstić information content (AvgIpc) is 2.14. The molecule has 92 valence electrons. The van der Waals surface area contributed by atoms with E-state index in [1.54, 1.807) is 6.07 Å². The third-order valence-electron chi connectivity index (χ3n) is 2.17. The summed E-state index contributed by atoms with van der Waals surface area (Å²) in [6.45, 7) is 5.63. The van der Waals surface area contributed by atoms with Crippen LogP contribution >= 0.6 is 11.6 Å². The maximum atomic E-state index is 11.5. The van der Waals surface area contributed by atoms with Crippen LogP contribution in [0.4, 0.5) is 0 Å². The van der Waals surface area contributed by atoms with E-state index in [1.165, 1.54) is 12.1 Å². The molecule has 0 amide bonds. The first-order valence-corrected chi connectivity index (χ1v) is 5.26. The molecular formula is C11H12ClNO4. The van der Waals surface area contributed by atoms with Gasteiger partial charge >= 0.3 is 11.1 Å². The molecule has 0 radical (unpaired) electrons. The second-order valence-corrected chi connectivity index (χ2v) is 4.98. The van der Waals surface area contributed by atoms with Crippen molar-refractivity contribution in [2.24, 2.45) is 0 Å². The van der Waals surface area contributed by atoms with E-state index < -0.39 is 11.1 Å². The van der Waals surface area contributed by atoms with Crippen molar-refractivity contribution in [2.75, 3.05) is 0 Å². The zero-order valence-corrected chi connectivity index (χ0v) is 10.4. The van der Waals surface area contributed by atoms with Gasteiger partial charge in [0, 0.05) is 10.6 Å². The van der Waals surface area contributed by atoms with Crippen molar-refractivity contribution in [1.29, 1.82) is 0 Å². The first-order valence-electron chi connectivity index (χ1n) is 4.88. The zero-order chi connectivity index (χ0) is 13.2. The van der Waals surface area contributed by atoms with Crippen LogP contribution in [-0.2, 0) is 10.3 Å². The molecule has 0 aliphatic rings. The van der Waals surface area contributed by atoms with E-state index in [0.717, 1.165) is 0 Å². The lowest BCUT2D eigenvalue weighted by Gasteiger charge is -2.22. The molecule has 0 bridgehead atoms. The van der Waals surface area contributed by atoms with E-state index in [2.05, 4.69) is 4.84 Å². The Kier molecular flexibility index (Phi) is 3.72. The monoisotopic (exact) mass is 257 g/mol. The minimum Gasteiger partial charge on any atom is -0.263 e. The van der Waals surface area contributed by atoms with Crippen LogP contribution in [0.5, 0.6) is 0 Å². The Balaban J connectivity index is 3.24. The van der Waals surface area contributed by atoms with Crippen LogP contribution < -0.4 is 0 Å². The first kappa shape index (κ1) is 13.4. The van der Waals surface area contributed by atoms with E-state index in [-0.39, 0.29) is 11.0 Å². The highest BCUT2D eigenvalue weighted by Crippen LogP contribution is 2.29. The number of hydrogen-bond donors (Lipinski definition) is 0. The summed E-state index contributed by atoms with van der Waals surface area (Å²) < 4.78 is 0. The van der Waals surface area contributed by atoms with Crippen molar-refractivity contribution < 1.29 is 14.7 Å². The second kappa shape index (κ2) is 4.71. The molecule has 0 fully saturated rings. The molecule has 5 nitrogen and oxygen atoms in total. The minimum absolute atomic E-state index is 0.151. The van der Waals surface area contributed by atoms with E-state index in [0.29, 0.717) is 10.6 Å². The van der Waals surface area contributed by atoms with Crippen LogP contribution in [0.15, 0.2) is 18.2 Å². The summed E-state index contributed by atoms with van der Waals surface area (Å²) in [6, 6.07) is 4.53. The van der Waals surface area contributed by atoms with Gasteiger partial charge in [-0.05, 0) is 29.2 Å². The maximum absolute atomic E-state index is 11.5. The number of carbonyl (C=O) groups is 1. The van der Waals surface area contributed by atoms with Gasteiger partial charge in [0.1, 0.15) is 0 Å². The van der Waals surface area contributed by atoms with Crippen LogP contribution in [-0.4, -0.2) is 11.1 Å². The van der Waals surface area contributed by atoms with Gasteiger partial charge < -0.3 is 0 Å². The van der Waals surface area contributed by atoms with Gasteiger partial charge in [-0.3, -0.25) is 4.79 Å². The highest BCUT2D eigenvalue weighted by molar-refractivity contribution is 6.30. The number of carbonyl (C=O) groups excluding carboxylic acids is 1. The molecule has 0 heterocycles. The van der Waals surface area contributed by atoms with Gasteiger partial charge in [0.05, 0.1) is 0 Å². The summed E-state index contributed by atoms with van der Waals surface area (Å²) >= 11 is 5.85. The van der Waals surface area contributed by atoms with Gasteiger partial charge in [0.2, 0.25) is 0 Å². The SMILES string of the molecule is CC(C)(C)c1cc(Cl)ccc1C(=O)O[N+](=O)[O-]. The van der Waals surface area contributed by atoms with Crippen molar-refractivity contribution in [1.82, 2.24) is 0 Å². The van der Waals surface area contributed by atoms with Gasteiger partial charge in [-0.15, -0.1) is 10.1 Å². The predicted molar refractivity (Wildman–Crippen MR) is 62.6 cm³/mol. The quantitative estimate of drug-likeness (QED) is 0.603. The topological polar surface area (TPSA) is 69.4 Å². The Bertz CT molecular complexity index is 465. The molecule has 6 heteroatoms. The van der Waals surface area contributed by atoms with Gasteiger partial charge in [-0.25, -0.2) is 4.84 Å². The molecular weight excluding hydrogens is 246 g/mol. The summed E-state index contributed by atoms with van der Waals surface area (Å²) in [5, 5.41) is 9.49. The van der Waals surface area contributed by atoms with Gasteiger partial charge in [0.15, 0.2) is 0 Å².